The van der Waals surface area contributed by atoms with Crippen molar-refractivity contribution in [1.29, 1.82) is 0 Å². The van der Waals surface area contributed by atoms with Gasteiger partial charge in [-0.3, -0.25) is 19.3 Å². The van der Waals surface area contributed by atoms with Crippen LogP contribution in [0.25, 0.3) is 6.08 Å². The van der Waals surface area contributed by atoms with E-state index >= 15 is 0 Å². The van der Waals surface area contributed by atoms with Gasteiger partial charge in [0, 0.05) is 23.6 Å². The molecule has 0 atom stereocenters. The van der Waals surface area contributed by atoms with Crippen molar-refractivity contribution in [2.45, 2.75) is 33.7 Å². The van der Waals surface area contributed by atoms with E-state index in [1.165, 1.54) is 0 Å². The van der Waals surface area contributed by atoms with Crippen LogP contribution >= 0.6 is 11.8 Å². The van der Waals surface area contributed by atoms with Crippen LogP contribution in [0.15, 0.2) is 41.4 Å². The molecule has 6 nitrogen and oxygen atoms in total. The number of aryl methyl sites for hydroxylation is 2. The highest BCUT2D eigenvalue weighted by Gasteiger charge is 2.36. The SMILES string of the molecule is Cc1ccccc1NC(=O)CN1C(=O)S/C(=C/c2cc(C)n(C(C)C)c2)C1=O. The molecule has 0 aliphatic carbocycles. The van der Waals surface area contributed by atoms with E-state index in [4.69, 9.17) is 0 Å². The molecule has 0 saturated carbocycles. The molecule has 0 spiro atoms. The predicted molar refractivity (Wildman–Crippen MR) is 112 cm³/mol. The Kier molecular flexibility index (Phi) is 5.74. The average Bonchev–Trinajstić information content (AvgIpc) is 3.12. The number of imide groups is 1. The van der Waals surface area contributed by atoms with Crippen LogP contribution in [0, 0.1) is 13.8 Å². The number of para-hydroxylation sites is 1. The van der Waals surface area contributed by atoms with Crippen LogP contribution in [-0.4, -0.2) is 33.1 Å². The molecular weight excluding hydrogens is 374 g/mol. The summed E-state index contributed by atoms with van der Waals surface area (Å²) in [7, 11) is 0. The summed E-state index contributed by atoms with van der Waals surface area (Å²) in [6.07, 6.45) is 3.66. The minimum absolute atomic E-state index is 0.303. The van der Waals surface area contributed by atoms with Gasteiger partial charge >= 0.3 is 0 Å². The third-order valence-electron chi connectivity index (χ3n) is 4.52. The highest BCUT2D eigenvalue weighted by Crippen LogP contribution is 2.32. The monoisotopic (exact) mass is 397 g/mol. The first kappa shape index (κ1) is 19.9. The Labute approximate surface area is 168 Å². The average molecular weight is 398 g/mol. The lowest BCUT2D eigenvalue weighted by atomic mass is 10.2. The Morgan fingerprint density at radius 1 is 1.21 bits per heavy atom. The molecule has 146 valence electrons. The first-order valence-electron chi connectivity index (χ1n) is 9.05. The lowest BCUT2D eigenvalue weighted by molar-refractivity contribution is -0.127. The molecule has 3 amide bonds. The molecule has 1 N–H and O–H groups in total. The van der Waals surface area contributed by atoms with Crippen molar-refractivity contribution in [1.82, 2.24) is 9.47 Å². The van der Waals surface area contributed by atoms with Crippen LogP contribution in [0.2, 0.25) is 0 Å². The first-order chi connectivity index (χ1) is 13.3. The van der Waals surface area contributed by atoms with Gasteiger partial charge in [-0.2, -0.15) is 0 Å². The van der Waals surface area contributed by atoms with Crippen molar-refractivity contribution in [3.63, 3.8) is 0 Å². The van der Waals surface area contributed by atoms with Crippen molar-refractivity contribution in [3.05, 3.63) is 58.3 Å². The number of hydrogen-bond acceptors (Lipinski definition) is 4. The molecule has 0 radical (unpaired) electrons. The molecule has 1 saturated heterocycles. The number of benzene rings is 1. The number of thioether (sulfide) groups is 1. The van der Waals surface area contributed by atoms with E-state index in [0.29, 0.717) is 16.6 Å². The minimum Gasteiger partial charge on any atom is -0.349 e. The largest absolute Gasteiger partial charge is 0.349 e. The van der Waals surface area contributed by atoms with E-state index in [9.17, 15) is 14.4 Å². The molecule has 2 heterocycles. The smallest absolute Gasteiger partial charge is 0.294 e. The highest BCUT2D eigenvalue weighted by atomic mass is 32.2. The van der Waals surface area contributed by atoms with Crippen molar-refractivity contribution >= 4 is 40.6 Å². The van der Waals surface area contributed by atoms with Gasteiger partial charge in [0.1, 0.15) is 6.54 Å². The number of amides is 3. The van der Waals surface area contributed by atoms with Crippen LogP contribution in [0.4, 0.5) is 10.5 Å². The standard InChI is InChI=1S/C21H23N3O3S/c1-13(2)23-11-16(9-15(23)4)10-18-20(26)24(21(27)28-18)12-19(25)22-17-8-6-5-7-14(17)3/h5-11,13H,12H2,1-4H3,(H,22,25)/b18-10+. The molecule has 0 unspecified atom stereocenters. The molecule has 1 aliphatic rings. The minimum atomic E-state index is -0.440. The highest BCUT2D eigenvalue weighted by molar-refractivity contribution is 8.18. The number of carbonyl (C=O) groups excluding carboxylic acids is 3. The molecule has 3 rings (SSSR count). The van der Waals surface area contributed by atoms with E-state index in [1.54, 1.807) is 12.1 Å². The van der Waals surface area contributed by atoms with Crippen LogP contribution in [-0.2, 0) is 9.59 Å². The predicted octanol–water partition coefficient (Wildman–Crippen LogP) is 4.36. The zero-order valence-corrected chi connectivity index (χ0v) is 17.2. The third-order valence-corrected chi connectivity index (χ3v) is 5.43. The maximum Gasteiger partial charge on any atom is 0.294 e. The number of hydrogen-bond donors (Lipinski definition) is 1. The second-order valence-corrected chi connectivity index (χ2v) is 8.04. The molecule has 7 heteroatoms. The van der Waals surface area contributed by atoms with Gasteiger partial charge in [-0.25, -0.2) is 0 Å². The van der Waals surface area contributed by atoms with E-state index in [2.05, 4.69) is 23.7 Å². The number of carbonyl (C=O) groups is 3. The number of nitrogens with zero attached hydrogens (tertiary/aromatic N) is 2. The number of nitrogens with one attached hydrogen (secondary N) is 1. The maximum absolute atomic E-state index is 12.6. The van der Waals surface area contributed by atoms with Gasteiger partial charge in [0.15, 0.2) is 0 Å². The number of anilines is 1. The quantitative estimate of drug-likeness (QED) is 0.761. The Morgan fingerprint density at radius 2 is 1.93 bits per heavy atom. The summed E-state index contributed by atoms with van der Waals surface area (Å²) in [5, 5.41) is 2.31. The van der Waals surface area contributed by atoms with E-state index < -0.39 is 17.1 Å². The van der Waals surface area contributed by atoms with Gasteiger partial charge in [0.25, 0.3) is 11.1 Å². The molecule has 2 aromatic rings. The van der Waals surface area contributed by atoms with Crippen LogP contribution in [0.5, 0.6) is 0 Å². The topological polar surface area (TPSA) is 71.4 Å². The summed E-state index contributed by atoms with van der Waals surface area (Å²) >= 11 is 0.861. The van der Waals surface area contributed by atoms with Gasteiger partial charge in [0.05, 0.1) is 4.91 Å². The van der Waals surface area contributed by atoms with Crippen LogP contribution in [0.3, 0.4) is 0 Å². The third kappa shape index (κ3) is 4.20. The zero-order chi connectivity index (χ0) is 20.4. The fourth-order valence-corrected chi connectivity index (χ4v) is 3.92. The Hall–Kier alpha value is -2.80. The molecule has 0 bridgehead atoms. The molecular formula is C21H23N3O3S. The van der Waals surface area contributed by atoms with Gasteiger partial charge in [0.2, 0.25) is 5.91 Å². The number of aromatic nitrogens is 1. The summed E-state index contributed by atoms with van der Waals surface area (Å²) < 4.78 is 2.10. The Morgan fingerprint density at radius 3 is 2.57 bits per heavy atom. The summed E-state index contributed by atoms with van der Waals surface area (Å²) in [4.78, 5) is 38.5. The van der Waals surface area contributed by atoms with Crippen molar-refractivity contribution in [3.8, 4) is 0 Å². The fraction of sp³-hybridized carbons (Fsp3) is 0.286. The normalized spacial score (nSPS) is 15.8. The lowest BCUT2D eigenvalue weighted by Gasteiger charge is -2.13. The van der Waals surface area contributed by atoms with Gasteiger partial charge < -0.3 is 9.88 Å². The van der Waals surface area contributed by atoms with Crippen molar-refractivity contribution in [2.75, 3.05) is 11.9 Å². The van der Waals surface area contributed by atoms with Crippen LogP contribution in [0.1, 0.15) is 36.7 Å². The Balaban J connectivity index is 1.72. The first-order valence-corrected chi connectivity index (χ1v) is 9.87. The lowest BCUT2D eigenvalue weighted by Crippen LogP contribution is -2.36. The second kappa shape index (κ2) is 8.06. The summed E-state index contributed by atoms with van der Waals surface area (Å²) in [5.41, 5.74) is 3.52. The summed E-state index contributed by atoms with van der Waals surface area (Å²) in [6.45, 7) is 7.74. The molecule has 1 aromatic carbocycles. The molecule has 1 aliphatic heterocycles. The van der Waals surface area contributed by atoms with Gasteiger partial charge in [-0.15, -0.1) is 0 Å². The summed E-state index contributed by atoms with van der Waals surface area (Å²) in [5.74, 6) is -0.843. The Bertz CT molecular complexity index is 975. The summed E-state index contributed by atoms with van der Waals surface area (Å²) in [6, 6.07) is 9.63. The molecule has 1 fully saturated rings. The second-order valence-electron chi connectivity index (χ2n) is 7.05. The molecule has 1 aromatic heterocycles. The maximum atomic E-state index is 12.6. The van der Waals surface area contributed by atoms with E-state index in [1.807, 2.05) is 44.3 Å². The van der Waals surface area contributed by atoms with Crippen molar-refractivity contribution in [2.24, 2.45) is 0 Å². The molecule has 28 heavy (non-hydrogen) atoms. The van der Waals surface area contributed by atoms with Gasteiger partial charge in [-0.05, 0) is 68.8 Å². The van der Waals surface area contributed by atoms with Crippen LogP contribution < -0.4 is 5.32 Å². The van der Waals surface area contributed by atoms with E-state index in [-0.39, 0.29) is 6.54 Å². The number of rotatable bonds is 5. The van der Waals surface area contributed by atoms with E-state index in [0.717, 1.165) is 33.5 Å². The van der Waals surface area contributed by atoms with Crippen molar-refractivity contribution < 1.29 is 14.4 Å². The fourth-order valence-electron chi connectivity index (χ4n) is 3.08. The van der Waals surface area contributed by atoms with Gasteiger partial charge in [-0.1, -0.05) is 18.2 Å². The zero-order valence-electron chi connectivity index (χ0n) is 16.4.